The van der Waals surface area contributed by atoms with Crippen LogP contribution in [0.1, 0.15) is 39.2 Å². The van der Waals surface area contributed by atoms with Gasteiger partial charge in [0.05, 0.1) is 18.4 Å². The predicted octanol–water partition coefficient (Wildman–Crippen LogP) is 2.78. The van der Waals surface area contributed by atoms with Gasteiger partial charge in [-0.3, -0.25) is 0 Å². The van der Waals surface area contributed by atoms with Gasteiger partial charge in [0.15, 0.2) is 0 Å². The normalized spacial score (nSPS) is 15.2. The molecular weight excluding hydrogens is 234 g/mol. The van der Waals surface area contributed by atoms with Gasteiger partial charge in [0.2, 0.25) is 0 Å². The van der Waals surface area contributed by atoms with Crippen molar-refractivity contribution in [2.75, 3.05) is 0 Å². The fourth-order valence-electron chi connectivity index (χ4n) is 1.25. The lowest BCUT2D eigenvalue weighted by atomic mass is 10.3. The molecule has 1 aromatic rings. The Morgan fingerprint density at radius 2 is 1.88 bits per heavy atom. The summed E-state index contributed by atoms with van der Waals surface area (Å²) in [6.07, 6.45) is -0.281. The molecule has 0 saturated heterocycles. The third-order valence-corrected chi connectivity index (χ3v) is 3.94. The Balaban J connectivity index is 2.35. The minimum atomic E-state index is -0.281. The highest BCUT2D eigenvalue weighted by Crippen LogP contribution is 2.21. The van der Waals surface area contributed by atoms with Crippen LogP contribution >= 0.6 is 11.8 Å². The highest BCUT2D eigenvalue weighted by Gasteiger charge is 2.10. The molecule has 0 saturated carbocycles. The zero-order valence-electron chi connectivity index (χ0n) is 11.1. The van der Waals surface area contributed by atoms with Crippen molar-refractivity contribution in [2.45, 2.75) is 57.4 Å². The SMILES string of the molecule is CC(C)NCc1ccc(CSC(C)C(C)O)o1. The van der Waals surface area contributed by atoms with Gasteiger partial charge >= 0.3 is 0 Å². The molecule has 4 heteroatoms. The van der Waals surface area contributed by atoms with Crippen LogP contribution in [0.5, 0.6) is 0 Å². The van der Waals surface area contributed by atoms with Crippen molar-refractivity contribution >= 4 is 11.8 Å². The summed E-state index contributed by atoms with van der Waals surface area (Å²) in [5.74, 6) is 2.76. The topological polar surface area (TPSA) is 45.4 Å². The Kier molecular flexibility index (Phi) is 6.09. The summed E-state index contributed by atoms with van der Waals surface area (Å²) < 4.78 is 5.70. The maximum Gasteiger partial charge on any atom is 0.118 e. The molecule has 0 aliphatic heterocycles. The fourth-order valence-corrected chi connectivity index (χ4v) is 2.11. The van der Waals surface area contributed by atoms with Crippen molar-refractivity contribution in [3.05, 3.63) is 23.7 Å². The second kappa shape index (κ2) is 7.09. The fraction of sp³-hybridized carbons (Fsp3) is 0.692. The zero-order valence-corrected chi connectivity index (χ0v) is 11.9. The van der Waals surface area contributed by atoms with Crippen LogP contribution in [0.15, 0.2) is 16.5 Å². The average Bonchev–Trinajstić information content (AvgIpc) is 2.70. The third-order valence-electron chi connectivity index (χ3n) is 2.57. The molecule has 0 aliphatic carbocycles. The summed E-state index contributed by atoms with van der Waals surface area (Å²) in [7, 11) is 0. The number of aliphatic hydroxyl groups is 1. The van der Waals surface area contributed by atoms with Crippen molar-refractivity contribution in [1.82, 2.24) is 5.32 Å². The Morgan fingerprint density at radius 3 is 2.47 bits per heavy atom. The van der Waals surface area contributed by atoms with E-state index in [1.165, 1.54) is 0 Å². The van der Waals surface area contributed by atoms with Crippen molar-refractivity contribution in [1.29, 1.82) is 0 Å². The lowest BCUT2D eigenvalue weighted by Gasteiger charge is -2.12. The van der Waals surface area contributed by atoms with Crippen LogP contribution in [0, 0.1) is 0 Å². The number of thioether (sulfide) groups is 1. The van der Waals surface area contributed by atoms with Crippen LogP contribution in [0.3, 0.4) is 0 Å². The van der Waals surface area contributed by atoms with E-state index in [9.17, 15) is 5.11 Å². The zero-order chi connectivity index (χ0) is 12.8. The van der Waals surface area contributed by atoms with Gasteiger partial charge in [-0.1, -0.05) is 20.8 Å². The van der Waals surface area contributed by atoms with Crippen LogP contribution in [0.2, 0.25) is 0 Å². The number of aliphatic hydroxyl groups excluding tert-OH is 1. The smallest absolute Gasteiger partial charge is 0.118 e. The summed E-state index contributed by atoms with van der Waals surface area (Å²) in [4.78, 5) is 0. The second-order valence-corrected chi connectivity index (χ2v) is 6.03. The van der Waals surface area contributed by atoms with E-state index in [1.54, 1.807) is 11.8 Å². The van der Waals surface area contributed by atoms with Crippen molar-refractivity contribution in [2.24, 2.45) is 0 Å². The quantitative estimate of drug-likeness (QED) is 0.788. The van der Waals surface area contributed by atoms with Gasteiger partial charge in [0, 0.05) is 11.3 Å². The Bertz CT molecular complexity index is 323. The van der Waals surface area contributed by atoms with Crippen molar-refractivity contribution < 1.29 is 9.52 Å². The summed E-state index contributed by atoms with van der Waals surface area (Å²) >= 11 is 1.71. The molecule has 1 heterocycles. The molecule has 17 heavy (non-hydrogen) atoms. The number of nitrogens with one attached hydrogen (secondary N) is 1. The molecule has 3 nitrogen and oxygen atoms in total. The largest absolute Gasteiger partial charge is 0.464 e. The number of hydrogen-bond acceptors (Lipinski definition) is 4. The molecule has 2 atom stereocenters. The van der Waals surface area contributed by atoms with Crippen LogP contribution in [-0.2, 0) is 12.3 Å². The molecule has 2 unspecified atom stereocenters. The first-order valence-corrected chi connectivity index (χ1v) is 7.14. The van der Waals surface area contributed by atoms with Crippen molar-refractivity contribution in [3.8, 4) is 0 Å². The molecule has 0 spiro atoms. The van der Waals surface area contributed by atoms with Gasteiger partial charge in [0.1, 0.15) is 11.5 Å². The van der Waals surface area contributed by atoms with Crippen molar-refractivity contribution in [3.63, 3.8) is 0 Å². The van der Waals surface area contributed by atoms with Crippen LogP contribution in [0.4, 0.5) is 0 Å². The maximum atomic E-state index is 9.39. The molecule has 1 aromatic heterocycles. The van der Waals surface area contributed by atoms with Gasteiger partial charge in [0.25, 0.3) is 0 Å². The summed E-state index contributed by atoms with van der Waals surface area (Å²) in [6, 6.07) is 4.49. The van der Waals surface area contributed by atoms with Crippen LogP contribution in [-0.4, -0.2) is 22.5 Å². The van der Waals surface area contributed by atoms with E-state index in [0.29, 0.717) is 6.04 Å². The van der Waals surface area contributed by atoms with Gasteiger partial charge in [-0.2, -0.15) is 0 Å². The van der Waals surface area contributed by atoms with E-state index in [-0.39, 0.29) is 11.4 Å². The number of furan rings is 1. The monoisotopic (exact) mass is 257 g/mol. The summed E-state index contributed by atoms with van der Waals surface area (Å²) in [5.41, 5.74) is 0. The second-order valence-electron chi connectivity index (χ2n) is 4.66. The minimum Gasteiger partial charge on any atom is -0.464 e. The average molecular weight is 257 g/mol. The van der Waals surface area contributed by atoms with Gasteiger partial charge in [-0.05, 0) is 19.1 Å². The van der Waals surface area contributed by atoms with Gasteiger partial charge < -0.3 is 14.8 Å². The first-order chi connectivity index (χ1) is 7.99. The maximum absolute atomic E-state index is 9.39. The van der Waals surface area contributed by atoms with E-state index in [4.69, 9.17) is 4.42 Å². The van der Waals surface area contributed by atoms with E-state index in [0.717, 1.165) is 23.8 Å². The molecule has 98 valence electrons. The van der Waals surface area contributed by atoms with E-state index in [1.807, 2.05) is 26.0 Å². The Labute approximate surface area is 108 Å². The number of rotatable bonds is 7. The van der Waals surface area contributed by atoms with Crippen LogP contribution < -0.4 is 5.32 Å². The molecule has 2 N–H and O–H groups in total. The molecule has 0 fully saturated rings. The standard InChI is InChI=1S/C13H23NO2S/c1-9(2)14-7-12-5-6-13(16-12)8-17-11(4)10(3)15/h5-6,9-11,14-15H,7-8H2,1-4H3. The minimum absolute atomic E-state index is 0.234. The molecule has 0 amide bonds. The summed E-state index contributed by atoms with van der Waals surface area (Å²) in [5, 5.41) is 12.9. The third kappa shape index (κ3) is 5.61. The Morgan fingerprint density at radius 1 is 1.24 bits per heavy atom. The highest BCUT2D eigenvalue weighted by molar-refractivity contribution is 7.99. The lowest BCUT2D eigenvalue weighted by Crippen LogP contribution is -2.21. The highest BCUT2D eigenvalue weighted by atomic mass is 32.2. The molecule has 0 radical (unpaired) electrons. The van der Waals surface area contributed by atoms with Gasteiger partial charge in [-0.25, -0.2) is 0 Å². The predicted molar refractivity (Wildman–Crippen MR) is 73.1 cm³/mol. The van der Waals surface area contributed by atoms with E-state index >= 15 is 0 Å². The molecule has 1 rings (SSSR count). The molecule has 0 aromatic carbocycles. The molecule has 0 bridgehead atoms. The summed E-state index contributed by atoms with van der Waals surface area (Å²) in [6.45, 7) is 8.85. The Hall–Kier alpha value is -0.450. The first kappa shape index (κ1) is 14.6. The number of hydrogen-bond donors (Lipinski definition) is 2. The first-order valence-electron chi connectivity index (χ1n) is 6.09. The molecular formula is C13H23NO2S. The van der Waals surface area contributed by atoms with E-state index < -0.39 is 0 Å². The lowest BCUT2D eigenvalue weighted by molar-refractivity contribution is 0.196. The molecule has 0 aliphatic rings. The van der Waals surface area contributed by atoms with Crippen LogP contribution in [0.25, 0.3) is 0 Å². The van der Waals surface area contributed by atoms with E-state index in [2.05, 4.69) is 19.2 Å². The van der Waals surface area contributed by atoms with Gasteiger partial charge in [-0.15, -0.1) is 11.8 Å².